The zero-order valence-corrected chi connectivity index (χ0v) is 21.1. The molecule has 180 valence electrons. The molecule has 0 unspecified atom stereocenters. The summed E-state index contributed by atoms with van der Waals surface area (Å²) in [4.78, 5) is 17.2. The molecule has 4 aromatic rings. The van der Waals surface area contributed by atoms with Crippen molar-refractivity contribution in [2.75, 3.05) is 16.6 Å². The number of ether oxygens (including phenoxy) is 1. The number of nitrogens with one attached hydrogen (secondary N) is 2. The van der Waals surface area contributed by atoms with Gasteiger partial charge in [0, 0.05) is 27.2 Å². The third kappa shape index (κ3) is 6.39. The first-order chi connectivity index (χ1) is 16.8. The Bertz CT molecular complexity index is 1400. The standard InChI is InChI=1S/C25H22ClN3O4S2/c1-2-15-33-21-11-5-17(6-12-21)23-16-34-25(27-23)28-24(30)18-3-9-20(10-4-18)29-35(31,32)22-13-7-19(26)8-14-22/h3-14,16,29H,2,15H2,1H3,(H,27,28,30). The van der Waals surface area contributed by atoms with Crippen LogP contribution in [0.1, 0.15) is 23.7 Å². The molecule has 0 radical (unpaired) electrons. The molecule has 1 heterocycles. The van der Waals surface area contributed by atoms with Gasteiger partial charge in [0.1, 0.15) is 5.75 Å². The number of aromatic nitrogens is 1. The Balaban J connectivity index is 1.38. The first kappa shape index (κ1) is 24.7. The normalized spacial score (nSPS) is 11.1. The van der Waals surface area contributed by atoms with Crippen LogP contribution in [0.25, 0.3) is 11.3 Å². The minimum atomic E-state index is -3.77. The van der Waals surface area contributed by atoms with E-state index in [0.29, 0.717) is 28.0 Å². The third-order valence-electron chi connectivity index (χ3n) is 4.87. The number of halogens is 1. The van der Waals surface area contributed by atoms with E-state index in [9.17, 15) is 13.2 Å². The van der Waals surface area contributed by atoms with E-state index < -0.39 is 10.0 Å². The molecule has 0 fully saturated rings. The molecule has 7 nitrogen and oxygen atoms in total. The van der Waals surface area contributed by atoms with Crippen LogP contribution < -0.4 is 14.8 Å². The van der Waals surface area contributed by atoms with Crippen LogP contribution in [-0.4, -0.2) is 25.9 Å². The molecular weight excluding hydrogens is 506 g/mol. The highest BCUT2D eigenvalue weighted by Gasteiger charge is 2.15. The van der Waals surface area contributed by atoms with Crippen LogP contribution in [0.4, 0.5) is 10.8 Å². The SMILES string of the molecule is CCCOc1ccc(-c2csc(NC(=O)c3ccc(NS(=O)(=O)c4ccc(Cl)cc4)cc3)n2)cc1. The van der Waals surface area contributed by atoms with Crippen LogP contribution in [0.2, 0.25) is 5.02 Å². The molecule has 35 heavy (non-hydrogen) atoms. The van der Waals surface area contributed by atoms with Gasteiger partial charge in [-0.15, -0.1) is 11.3 Å². The number of hydrogen-bond donors (Lipinski definition) is 2. The van der Waals surface area contributed by atoms with E-state index in [-0.39, 0.29) is 10.8 Å². The highest BCUT2D eigenvalue weighted by molar-refractivity contribution is 7.92. The minimum absolute atomic E-state index is 0.0893. The molecule has 0 aliphatic carbocycles. The van der Waals surface area contributed by atoms with Gasteiger partial charge in [-0.1, -0.05) is 18.5 Å². The van der Waals surface area contributed by atoms with E-state index in [1.54, 1.807) is 12.1 Å². The van der Waals surface area contributed by atoms with Crippen LogP contribution >= 0.6 is 22.9 Å². The summed E-state index contributed by atoms with van der Waals surface area (Å²) in [5, 5.41) is 5.55. The van der Waals surface area contributed by atoms with Gasteiger partial charge in [-0.3, -0.25) is 14.8 Å². The van der Waals surface area contributed by atoms with E-state index >= 15 is 0 Å². The summed E-state index contributed by atoms with van der Waals surface area (Å²) in [5.41, 5.74) is 2.37. The van der Waals surface area contributed by atoms with Gasteiger partial charge in [0.25, 0.3) is 15.9 Å². The van der Waals surface area contributed by atoms with Gasteiger partial charge in [-0.25, -0.2) is 13.4 Å². The van der Waals surface area contributed by atoms with Crippen molar-refractivity contribution in [3.63, 3.8) is 0 Å². The molecule has 0 spiro atoms. The second-order valence-electron chi connectivity index (χ2n) is 7.50. The zero-order chi connectivity index (χ0) is 24.8. The molecule has 0 bridgehead atoms. The van der Waals surface area contributed by atoms with Gasteiger partial charge in [0.05, 0.1) is 17.2 Å². The number of thiazole rings is 1. The maximum absolute atomic E-state index is 12.6. The lowest BCUT2D eigenvalue weighted by Crippen LogP contribution is -2.14. The van der Waals surface area contributed by atoms with E-state index in [4.69, 9.17) is 16.3 Å². The largest absolute Gasteiger partial charge is 0.494 e. The molecule has 1 aromatic heterocycles. The zero-order valence-electron chi connectivity index (χ0n) is 18.7. The maximum Gasteiger partial charge on any atom is 0.261 e. The lowest BCUT2D eigenvalue weighted by molar-refractivity contribution is 0.102. The molecule has 3 aromatic carbocycles. The van der Waals surface area contributed by atoms with Crippen molar-refractivity contribution in [2.45, 2.75) is 18.2 Å². The van der Waals surface area contributed by atoms with Crippen molar-refractivity contribution in [3.8, 4) is 17.0 Å². The molecule has 1 amide bonds. The molecule has 4 rings (SSSR count). The van der Waals surface area contributed by atoms with E-state index in [2.05, 4.69) is 21.9 Å². The summed E-state index contributed by atoms with van der Waals surface area (Å²) in [5.74, 6) is 0.458. The van der Waals surface area contributed by atoms with Gasteiger partial charge in [0.15, 0.2) is 5.13 Å². The van der Waals surface area contributed by atoms with Gasteiger partial charge >= 0.3 is 0 Å². The highest BCUT2D eigenvalue weighted by atomic mass is 35.5. The Morgan fingerprint density at radius 1 is 1.00 bits per heavy atom. The number of hydrogen-bond acceptors (Lipinski definition) is 6. The Kier molecular flexibility index (Phi) is 7.70. The number of nitrogens with zero attached hydrogens (tertiary/aromatic N) is 1. The molecule has 0 aliphatic rings. The lowest BCUT2D eigenvalue weighted by atomic mass is 10.2. The average molecular weight is 528 g/mol. The second-order valence-corrected chi connectivity index (χ2v) is 10.5. The Morgan fingerprint density at radius 3 is 2.34 bits per heavy atom. The maximum atomic E-state index is 12.6. The topological polar surface area (TPSA) is 97.4 Å². The first-order valence-corrected chi connectivity index (χ1v) is 13.5. The van der Waals surface area contributed by atoms with Crippen LogP contribution in [0.5, 0.6) is 5.75 Å². The van der Waals surface area contributed by atoms with Gasteiger partial charge < -0.3 is 4.74 Å². The van der Waals surface area contributed by atoms with Crippen molar-refractivity contribution in [1.29, 1.82) is 0 Å². The summed E-state index contributed by atoms with van der Waals surface area (Å²) in [7, 11) is -3.77. The molecule has 0 saturated carbocycles. The second kappa shape index (κ2) is 10.9. The van der Waals surface area contributed by atoms with Gasteiger partial charge in [-0.2, -0.15) is 0 Å². The predicted octanol–water partition coefficient (Wildman–Crippen LogP) is 6.31. The van der Waals surface area contributed by atoms with Crippen molar-refractivity contribution < 1.29 is 17.9 Å². The van der Waals surface area contributed by atoms with Crippen molar-refractivity contribution in [3.05, 3.63) is 88.8 Å². The number of anilines is 2. The van der Waals surface area contributed by atoms with E-state index in [1.807, 2.05) is 29.6 Å². The van der Waals surface area contributed by atoms with Crippen molar-refractivity contribution >= 4 is 49.7 Å². The summed E-state index contributed by atoms with van der Waals surface area (Å²) in [6.45, 7) is 2.72. The highest BCUT2D eigenvalue weighted by Crippen LogP contribution is 2.27. The van der Waals surface area contributed by atoms with Crippen LogP contribution in [-0.2, 0) is 10.0 Å². The minimum Gasteiger partial charge on any atom is -0.494 e. The fourth-order valence-corrected chi connectivity index (χ4v) is 4.99. The fourth-order valence-electron chi connectivity index (χ4n) is 3.09. The number of rotatable bonds is 9. The molecule has 2 N–H and O–H groups in total. The first-order valence-electron chi connectivity index (χ1n) is 10.7. The third-order valence-corrected chi connectivity index (χ3v) is 7.28. The molecule has 10 heteroatoms. The quantitative estimate of drug-likeness (QED) is 0.266. The Labute approximate surface area is 212 Å². The van der Waals surface area contributed by atoms with Gasteiger partial charge in [-0.05, 0) is 79.2 Å². The predicted molar refractivity (Wildman–Crippen MR) is 140 cm³/mol. The van der Waals surface area contributed by atoms with Crippen LogP contribution in [0.3, 0.4) is 0 Å². The number of carbonyl (C=O) groups excluding carboxylic acids is 1. The summed E-state index contributed by atoms with van der Waals surface area (Å²) >= 11 is 7.14. The monoisotopic (exact) mass is 527 g/mol. The summed E-state index contributed by atoms with van der Waals surface area (Å²) in [6, 6.07) is 19.6. The molecule has 0 atom stereocenters. The lowest BCUT2D eigenvalue weighted by Gasteiger charge is -2.09. The number of sulfonamides is 1. The summed E-state index contributed by atoms with van der Waals surface area (Å²) < 4.78 is 33.1. The molecule has 0 aliphatic heterocycles. The van der Waals surface area contributed by atoms with Crippen molar-refractivity contribution in [2.24, 2.45) is 0 Å². The molecular formula is C25H22ClN3O4S2. The van der Waals surface area contributed by atoms with Crippen LogP contribution in [0.15, 0.2) is 83.1 Å². The average Bonchev–Trinajstić information content (AvgIpc) is 3.32. The smallest absolute Gasteiger partial charge is 0.261 e. The van der Waals surface area contributed by atoms with Crippen molar-refractivity contribution in [1.82, 2.24) is 4.98 Å². The number of carbonyl (C=O) groups is 1. The van der Waals surface area contributed by atoms with E-state index in [1.165, 1.54) is 47.7 Å². The summed E-state index contributed by atoms with van der Waals surface area (Å²) in [6.07, 6.45) is 0.943. The van der Waals surface area contributed by atoms with Gasteiger partial charge in [0.2, 0.25) is 0 Å². The number of benzene rings is 3. The molecule has 0 saturated heterocycles. The Morgan fingerprint density at radius 2 is 1.69 bits per heavy atom. The van der Waals surface area contributed by atoms with Crippen LogP contribution in [0, 0.1) is 0 Å². The fraction of sp³-hybridized carbons (Fsp3) is 0.120. The number of amides is 1. The van der Waals surface area contributed by atoms with E-state index in [0.717, 1.165) is 23.4 Å². The Hall–Kier alpha value is -3.40.